The number of anilines is 1. The Morgan fingerprint density at radius 1 is 1.40 bits per heavy atom. The number of rotatable bonds is 4. The standard InChI is InChI=1S/C16H24N2OS/c1-11(16(2,3)4)9-14(19)18(5)13-8-6-7-12(10-13)15(17)20/h6-8,10-11H,9H2,1-5H3,(H2,17,20). The van der Waals surface area contributed by atoms with E-state index >= 15 is 0 Å². The van der Waals surface area contributed by atoms with Gasteiger partial charge in [-0.15, -0.1) is 0 Å². The zero-order chi connectivity index (χ0) is 15.5. The molecule has 1 unspecified atom stereocenters. The molecule has 1 aromatic rings. The molecule has 0 aliphatic carbocycles. The molecule has 1 aromatic carbocycles. The van der Waals surface area contributed by atoms with E-state index in [1.807, 2.05) is 24.3 Å². The lowest BCUT2D eigenvalue weighted by Gasteiger charge is -2.28. The van der Waals surface area contributed by atoms with Crippen LogP contribution in [0.15, 0.2) is 24.3 Å². The summed E-state index contributed by atoms with van der Waals surface area (Å²) in [5, 5.41) is 0. The van der Waals surface area contributed by atoms with E-state index in [1.54, 1.807) is 11.9 Å². The summed E-state index contributed by atoms with van der Waals surface area (Å²) in [4.78, 5) is 14.4. The van der Waals surface area contributed by atoms with Gasteiger partial charge in [-0.05, 0) is 23.5 Å². The van der Waals surface area contributed by atoms with Gasteiger partial charge in [0.25, 0.3) is 0 Å². The van der Waals surface area contributed by atoms with Gasteiger partial charge in [0.05, 0.1) is 0 Å². The van der Waals surface area contributed by atoms with E-state index < -0.39 is 0 Å². The molecule has 0 radical (unpaired) electrons. The largest absolute Gasteiger partial charge is 0.389 e. The number of amides is 1. The fourth-order valence-corrected chi connectivity index (χ4v) is 1.84. The number of nitrogens with zero attached hydrogens (tertiary/aromatic N) is 1. The van der Waals surface area contributed by atoms with E-state index in [4.69, 9.17) is 18.0 Å². The van der Waals surface area contributed by atoms with Crippen LogP contribution in [0, 0.1) is 11.3 Å². The van der Waals surface area contributed by atoms with Crippen molar-refractivity contribution in [3.8, 4) is 0 Å². The summed E-state index contributed by atoms with van der Waals surface area (Å²) in [6, 6.07) is 7.45. The molecule has 1 rings (SSSR count). The van der Waals surface area contributed by atoms with Gasteiger partial charge in [0, 0.05) is 24.7 Å². The van der Waals surface area contributed by atoms with Gasteiger partial charge in [0.2, 0.25) is 5.91 Å². The third-order valence-corrected chi connectivity index (χ3v) is 4.09. The van der Waals surface area contributed by atoms with Gasteiger partial charge in [-0.3, -0.25) is 4.79 Å². The van der Waals surface area contributed by atoms with Crippen LogP contribution in [-0.2, 0) is 4.79 Å². The van der Waals surface area contributed by atoms with Crippen molar-refractivity contribution in [3.63, 3.8) is 0 Å². The molecule has 0 fully saturated rings. The number of thiocarbonyl (C=S) groups is 1. The minimum Gasteiger partial charge on any atom is -0.389 e. The molecular formula is C16H24N2OS. The molecule has 110 valence electrons. The molecule has 0 saturated heterocycles. The summed E-state index contributed by atoms with van der Waals surface area (Å²) in [5.41, 5.74) is 7.35. The highest BCUT2D eigenvalue weighted by Gasteiger charge is 2.24. The molecule has 1 amide bonds. The predicted octanol–water partition coefficient (Wildman–Crippen LogP) is 3.36. The minimum atomic E-state index is 0.104. The third-order valence-electron chi connectivity index (χ3n) is 3.85. The Hall–Kier alpha value is -1.42. The van der Waals surface area contributed by atoms with Gasteiger partial charge in [0.15, 0.2) is 0 Å². The summed E-state index contributed by atoms with van der Waals surface area (Å²) < 4.78 is 0. The minimum absolute atomic E-state index is 0.104. The van der Waals surface area contributed by atoms with E-state index in [0.29, 0.717) is 17.3 Å². The number of hydrogen-bond acceptors (Lipinski definition) is 2. The lowest BCUT2D eigenvalue weighted by molar-refractivity contribution is -0.119. The molecule has 0 aliphatic rings. The van der Waals surface area contributed by atoms with Gasteiger partial charge in [-0.1, -0.05) is 52.0 Å². The van der Waals surface area contributed by atoms with Gasteiger partial charge in [0.1, 0.15) is 4.99 Å². The first-order chi connectivity index (χ1) is 9.12. The second kappa shape index (κ2) is 6.35. The van der Waals surface area contributed by atoms with E-state index in [1.165, 1.54) is 0 Å². The summed E-state index contributed by atoms with van der Waals surface area (Å²) >= 11 is 4.97. The van der Waals surface area contributed by atoms with E-state index in [-0.39, 0.29) is 11.3 Å². The van der Waals surface area contributed by atoms with E-state index in [9.17, 15) is 4.79 Å². The van der Waals surface area contributed by atoms with Gasteiger partial charge < -0.3 is 10.6 Å². The summed E-state index contributed by atoms with van der Waals surface area (Å²) in [7, 11) is 1.79. The predicted molar refractivity (Wildman–Crippen MR) is 89.0 cm³/mol. The van der Waals surface area contributed by atoms with Crippen LogP contribution in [0.3, 0.4) is 0 Å². The first-order valence-corrected chi connectivity index (χ1v) is 7.20. The summed E-state index contributed by atoms with van der Waals surface area (Å²) in [6.45, 7) is 8.56. The Labute approximate surface area is 127 Å². The lowest BCUT2D eigenvalue weighted by Crippen LogP contribution is -2.31. The highest BCUT2D eigenvalue weighted by Crippen LogP contribution is 2.29. The Morgan fingerprint density at radius 3 is 2.50 bits per heavy atom. The van der Waals surface area contributed by atoms with Crippen LogP contribution in [0.25, 0.3) is 0 Å². The van der Waals surface area contributed by atoms with Crippen molar-refractivity contribution in [2.24, 2.45) is 17.1 Å². The average Bonchev–Trinajstić information content (AvgIpc) is 2.36. The summed E-state index contributed by atoms with van der Waals surface area (Å²) in [6.07, 6.45) is 0.525. The number of benzene rings is 1. The number of carbonyl (C=O) groups excluding carboxylic acids is 1. The van der Waals surface area contributed by atoms with Crippen LogP contribution in [0.4, 0.5) is 5.69 Å². The SMILES string of the molecule is CC(CC(=O)N(C)c1cccc(C(N)=S)c1)C(C)(C)C. The lowest BCUT2D eigenvalue weighted by atomic mass is 9.80. The van der Waals surface area contributed by atoms with Gasteiger partial charge in [-0.25, -0.2) is 0 Å². The van der Waals surface area contributed by atoms with Crippen LogP contribution in [0.2, 0.25) is 0 Å². The average molecular weight is 292 g/mol. The number of nitrogens with two attached hydrogens (primary N) is 1. The zero-order valence-electron chi connectivity index (χ0n) is 12.9. The number of carbonyl (C=O) groups is 1. The molecule has 0 spiro atoms. The first-order valence-electron chi connectivity index (χ1n) is 6.79. The van der Waals surface area contributed by atoms with Crippen molar-refractivity contribution >= 4 is 28.8 Å². The van der Waals surface area contributed by atoms with E-state index in [2.05, 4.69) is 27.7 Å². The second-order valence-electron chi connectivity index (χ2n) is 6.34. The van der Waals surface area contributed by atoms with Crippen molar-refractivity contribution in [2.75, 3.05) is 11.9 Å². The zero-order valence-corrected chi connectivity index (χ0v) is 13.8. The summed E-state index contributed by atoms with van der Waals surface area (Å²) in [5.74, 6) is 0.420. The van der Waals surface area contributed by atoms with Crippen molar-refractivity contribution in [1.29, 1.82) is 0 Å². The fraction of sp³-hybridized carbons (Fsp3) is 0.500. The quantitative estimate of drug-likeness (QED) is 0.866. The normalized spacial score (nSPS) is 12.8. The van der Waals surface area contributed by atoms with Crippen LogP contribution in [-0.4, -0.2) is 17.9 Å². The topological polar surface area (TPSA) is 46.3 Å². The van der Waals surface area contributed by atoms with Crippen molar-refractivity contribution in [2.45, 2.75) is 34.1 Å². The van der Waals surface area contributed by atoms with E-state index in [0.717, 1.165) is 11.3 Å². The Balaban J connectivity index is 2.84. The molecule has 0 bridgehead atoms. The first kappa shape index (κ1) is 16.6. The smallest absolute Gasteiger partial charge is 0.227 e. The van der Waals surface area contributed by atoms with Gasteiger partial charge in [-0.2, -0.15) is 0 Å². The number of hydrogen-bond donors (Lipinski definition) is 1. The third kappa shape index (κ3) is 4.30. The molecule has 0 aliphatic heterocycles. The van der Waals surface area contributed by atoms with Crippen molar-refractivity contribution < 1.29 is 4.79 Å². The molecule has 2 N–H and O–H groups in total. The van der Waals surface area contributed by atoms with Crippen molar-refractivity contribution in [1.82, 2.24) is 0 Å². The Bertz CT molecular complexity index is 505. The highest BCUT2D eigenvalue weighted by atomic mass is 32.1. The maximum Gasteiger partial charge on any atom is 0.227 e. The van der Waals surface area contributed by atoms with Crippen LogP contribution in [0.1, 0.15) is 39.7 Å². The molecule has 0 saturated carbocycles. The van der Waals surface area contributed by atoms with Gasteiger partial charge >= 0.3 is 0 Å². The Morgan fingerprint density at radius 2 is 2.00 bits per heavy atom. The monoisotopic (exact) mass is 292 g/mol. The molecule has 0 aromatic heterocycles. The van der Waals surface area contributed by atoms with Crippen LogP contribution in [0.5, 0.6) is 0 Å². The fourth-order valence-electron chi connectivity index (χ4n) is 1.72. The second-order valence-corrected chi connectivity index (χ2v) is 6.78. The molecule has 20 heavy (non-hydrogen) atoms. The molecule has 1 atom stereocenters. The van der Waals surface area contributed by atoms with Crippen molar-refractivity contribution in [3.05, 3.63) is 29.8 Å². The van der Waals surface area contributed by atoms with Crippen LogP contribution < -0.4 is 10.6 Å². The molecule has 3 nitrogen and oxygen atoms in total. The molecule has 4 heteroatoms. The molecular weight excluding hydrogens is 268 g/mol. The molecule has 0 heterocycles. The van der Waals surface area contributed by atoms with Crippen LogP contribution >= 0.6 is 12.2 Å². The highest BCUT2D eigenvalue weighted by molar-refractivity contribution is 7.80. The maximum atomic E-state index is 12.3. The maximum absolute atomic E-state index is 12.3. The Kier molecular flexibility index (Phi) is 5.28.